The molecule has 0 spiro atoms. The number of benzene rings is 2. The number of carbonyl (C=O) groups is 4. The van der Waals surface area contributed by atoms with Crippen molar-refractivity contribution >= 4 is 29.5 Å². The summed E-state index contributed by atoms with van der Waals surface area (Å²) in [5, 5.41) is 0. The topological polar surface area (TPSA) is 87.2 Å². The van der Waals surface area contributed by atoms with Gasteiger partial charge in [0.15, 0.2) is 0 Å². The van der Waals surface area contributed by atoms with E-state index in [9.17, 15) is 19.2 Å². The highest BCUT2D eigenvalue weighted by Gasteiger charge is 2.36. The van der Waals surface area contributed by atoms with Crippen molar-refractivity contribution in [3.05, 3.63) is 65.2 Å². The lowest BCUT2D eigenvalue weighted by Crippen LogP contribution is -2.50. The third-order valence-electron chi connectivity index (χ3n) is 5.24. The number of nitrogens with zero attached hydrogens (tertiary/aromatic N) is 3. The van der Waals surface area contributed by atoms with Gasteiger partial charge in [-0.1, -0.05) is 18.2 Å². The standard InChI is InChI=1S/C22H21N3O5/c1-2-30-22(29)24-12-10-23(11-13-24)19(26)15-6-5-7-16(14-15)25-20(27)17-8-3-4-9-18(17)21(25)28/h3-9,14H,2,10-13H2,1H3. The monoisotopic (exact) mass is 407 g/mol. The van der Waals surface area contributed by atoms with Crippen LogP contribution in [0.3, 0.4) is 0 Å². The van der Waals surface area contributed by atoms with Gasteiger partial charge in [0, 0.05) is 31.7 Å². The highest BCUT2D eigenvalue weighted by atomic mass is 16.6. The van der Waals surface area contributed by atoms with Crippen molar-refractivity contribution < 1.29 is 23.9 Å². The Hall–Kier alpha value is -3.68. The SMILES string of the molecule is CCOC(=O)N1CCN(C(=O)c2cccc(N3C(=O)c4ccccc4C3=O)c2)CC1. The Morgan fingerprint density at radius 1 is 0.867 bits per heavy atom. The van der Waals surface area contributed by atoms with Crippen molar-refractivity contribution in [2.45, 2.75) is 6.92 Å². The highest BCUT2D eigenvalue weighted by molar-refractivity contribution is 6.34. The molecule has 8 nitrogen and oxygen atoms in total. The van der Waals surface area contributed by atoms with Crippen molar-refractivity contribution in [3.8, 4) is 0 Å². The number of rotatable bonds is 3. The first-order chi connectivity index (χ1) is 14.5. The third kappa shape index (κ3) is 3.41. The number of hydrogen-bond acceptors (Lipinski definition) is 5. The molecule has 0 bridgehead atoms. The van der Waals surface area contributed by atoms with Gasteiger partial charge in [-0.2, -0.15) is 0 Å². The van der Waals surface area contributed by atoms with E-state index >= 15 is 0 Å². The molecule has 0 N–H and O–H groups in total. The fourth-order valence-corrected chi connectivity index (χ4v) is 3.69. The number of carbonyl (C=O) groups excluding carboxylic acids is 4. The Bertz CT molecular complexity index is 992. The Labute approximate surface area is 173 Å². The number of amides is 4. The van der Waals surface area contributed by atoms with Crippen molar-refractivity contribution in [2.75, 3.05) is 37.7 Å². The quantitative estimate of drug-likeness (QED) is 0.729. The van der Waals surface area contributed by atoms with Gasteiger partial charge in [-0.25, -0.2) is 9.69 Å². The Kier molecular flexibility index (Phi) is 5.22. The summed E-state index contributed by atoms with van der Waals surface area (Å²) in [6.07, 6.45) is -0.378. The van der Waals surface area contributed by atoms with E-state index in [-0.39, 0.29) is 12.0 Å². The lowest BCUT2D eigenvalue weighted by atomic mass is 10.1. The minimum atomic E-state index is -0.400. The zero-order chi connectivity index (χ0) is 21.3. The van der Waals surface area contributed by atoms with Crippen LogP contribution >= 0.6 is 0 Å². The van der Waals surface area contributed by atoms with Crippen LogP contribution in [0.5, 0.6) is 0 Å². The minimum absolute atomic E-state index is 0.211. The van der Waals surface area contributed by atoms with Gasteiger partial charge in [-0.3, -0.25) is 14.4 Å². The maximum atomic E-state index is 13.0. The second-order valence-electron chi connectivity index (χ2n) is 7.02. The van der Waals surface area contributed by atoms with Gasteiger partial charge in [0.1, 0.15) is 0 Å². The van der Waals surface area contributed by atoms with E-state index in [2.05, 4.69) is 0 Å². The maximum Gasteiger partial charge on any atom is 0.409 e. The van der Waals surface area contributed by atoms with Gasteiger partial charge in [-0.05, 0) is 37.3 Å². The fourth-order valence-electron chi connectivity index (χ4n) is 3.69. The summed E-state index contributed by atoms with van der Waals surface area (Å²) < 4.78 is 5.00. The van der Waals surface area contributed by atoms with Crippen molar-refractivity contribution in [2.24, 2.45) is 0 Å². The summed E-state index contributed by atoms with van der Waals surface area (Å²) in [5.74, 6) is -1.01. The number of imide groups is 1. The molecule has 0 aliphatic carbocycles. The van der Waals surface area contributed by atoms with Crippen molar-refractivity contribution in [1.29, 1.82) is 0 Å². The molecule has 1 saturated heterocycles. The molecule has 2 heterocycles. The smallest absolute Gasteiger partial charge is 0.409 e. The molecule has 0 unspecified atom stereocenters. The summed E-state index contributed by atoms with van der Waals surface area (Å²) in [4.78, 5) is 54.5. The molecule has 2 aliphatic rings. The average Bonchev–Trinajstić information content (AvgIpc) is 3.04. The molecule has 2 aromatic carbocycles. The largest absolute Gasteiger partial charge is 0.450 e. The fraction of sp³-hybridized carbons (Fsp3) is 0.273. The minimum Gasteiger partial charge on any atom is -0.450 e. The first-order valence-electron chi connectivity index (χ1n) is 9.80. The van der Waals surface area contributed by atoms with E-state index in [0.717, 1.165) is 4.90 Å². The van der Waals surface area contributed by atoms with Crippen LogP contribution in [0, 0.1) is 0 Å². The molecule has 8 heteroatoms. The van der Waals surface area contributed by atoms with Gasteiger partial charge in [0.2, 0.25) is 0 Å². The summed E-state index contributed by atoms with van der Waals surface area (Å²) in [6, 6.07) is 13.2. The molecule has 0 aromatic heterocycles. The molecule has 2 aromatic rings. The van der Waals surface area contributed by atoms with E-state index in [1.54, 1.807) is 65.3 Å². The van der Waals surface area contributed by atoms with Gasteiger partial charge < -0.3 is 14.5 Å². The second kappa shape index (κ2) is 7.98. The van der Waals surface area contributed by atoms with E-state index in [4.69, 9.17) is 4.74 Å². The molecule has 154 valence electrons. The molecule has 30 heavy (non-hydrogen) atoms. The van der Waals surface area contributed by atoms with Crippen LogP contribution in [0.1, 0.15) is 38.0 Å². The Balaban J connectivity index is 1.50. The zero-order valence-corrected chi connectivity index (χ0v) is 16.5. The van der Waals surface area contributed by atoms with Crippen LogP contribution in [-0.2, 0) is 4.74 Å². The molecular formula is C22H21N3O5. The van der Waals surface area contributed by atoms with E-state index < -0.39 is 11.8 Å². The van der Waals surface area contributed by atoms with Gasteiger partial charge >= 0.3 is 6.09 Å². The Morgan fingerprint density at radius 2 is 1.47 bits per heavy atom. The lowest BCUT2D eigenvalue weighted by molar-refractivity contribution is 0.0570. The van der Waals surface area contributed by atoms with E-state index in [1.165, 1.54) is 0 Å². The van der Waals surface area contributed by atoms with Crippen molar-refractivity contribution in [1.82, 2.24) is 9.80 Å². The van der Waals surface area contributed by atoms with Crippen molar-refractivity contribution in [3.63, 3.8) is 0 Å². The third-order valence-corrected chi connectivity index (χ3v) is 5.24. The zero-order valence-electron chi connectivity index (χ0n) is 16.5. The second-order valence-corrected chi connectivity index (χ2v) is 7.02. The van der Waals surface area contributed by atoms with E-state index in [0.29, 0.717) is 55.2 Å². The normalized spacial score (nSPS) is 16.0. The van der Waals surface area contributed by atoms with Crippen LogP contribution in [0.25, 0.3) is 0 Å². The molecular weight excluding hydrogens is 386 g/mol. The van der Waals surface area contributed by atoms with E-state index in [1.807, 2.05) is 0 Å². The maximum absolute atomic E-state index is 13.0. The molecule has 4 amide bonds. The number of ether oxygens (including phenoxy) is 1. The van der Waals surface area contributed by atoms with Crippen LogP contribution in [0.4, 0.5) is 10.5 Å². The number of fused-ring (bicyclic) bond motifs is 1. The molecule has 1 fully saturated rings. The van der Waals surface area contributed by atoms with Gasteiger partial charge in [-0.15, -0.1) is 0 Å². The van der Waals surface area contributed by atoms with Crippen LogP contribution in [0.2, 0.25) is 0 Å². The van der Waals surface area contributed by atoms with Crippen LogP contribution in [0.15, 0.2) is 48.5 Å². The summed E-state index contributed by atoms with van der Waals surface area (Å²) in [5.41, 5.74) is 1.45. The molecule has 0 atom stereocenters. The van der Waals surface area contributed by atoms with Crippen LogP contribution in [-0.4, -0.2) is 66.4 Å². The summed E-state index contributed by atoms with van der Waals surface area (Å²) >= 11 is 0. The Morgan fingerprint density at radius 3 is 2.07 bits per heavy atom. The molecule has 2 aliphatic heterocycles. The molecule has 0 saturated carbocycles. The predicted octanol–water partition coefficient (Wildman–Crippen LogP) is 2.40. The number of hydrogen-bond donors (Lipinski definition) is 0. The first-order valence-corrected chi connectivity index (χ1v) is 9.80. The number of piperazine rings is 1. The van der Waals surface area contributed by atoms with Crippen LogP contribution < -0.4 is 4.90 Å². The lowest BCUT2D eigenvalue weighted by Gasteiger charge is -2.34. The molecule has 0 radical (unpaired) electrons. The van der Waals surface area contributed by atoms with Gasteiger partial charge in [0.05, 0.1) is 23.4 Å². The summed E-state index contributed by atoms with van der Waals surface area (Å²) in [6.45, 7) is 3.61. The number of anilines is 1. The first kappa shape index (κ1) is 19.6. The highest BCUT2D eigenvalue weighted by Crippen LogP contribution is 2.29. The summed E-state index contributed by atoms with van der Waals surface area (Å²) in [7, 11) is 0. The average molecular weight is 407 g/mol. The molecule has 4 rings (SSSR count). The predicted molar refractivity (Wildman–Crippen MR) is 109 cm³/mol. The van der Waals surface area contributed by atoms with Gasteiger partial charge in [0.25, 0.3) is 17.7 Å².